The van der Waals surface area contributed by atoms with Gasteiger partial charge in [0, 0.05) is 0 Å². The van der Waals surface area contributed by atoms with Crippen molar-refractivity contribution in [3.8, 4) is 5.75 Å². The van der Waals surface area contributed by atoms with E-state index in [-0.39, 0.29) is 5.69 Å². The first-order valence-electron chi connectivity index (χ1n) is 2.97. The van der Waals surface area contributed by atoms with Crippen LogP contribution in [0.2, 0.25) is 0 Å². The molecule has 1 aromatic heterocycles. The number of nitrogens with zero attached hydrogens (tertiary/aromatic N) is 1. The number of aromatic carboxylic acids is 1. The van der Waals surface area contributed by atoms with Gasteiger partial charge in [0.25, 0.3) is 0 Å². The molecule has 0 saturated heterocycles. The van der Waals surface area contributed by atoms with Crippen LogP contribution in [0.25, 0.3) is 0 Å². The maximum atomic E-state index is 10.3. The summed E-state index contributed by atoms with van der Waals surface area (Å²) in [4.78, 5) is 13.9. The summed E-state index contributed by atoms with van der Waals surface area (Å²) in [5.74, 6) is -0.484. The summed E-state index contributed by atoms with van der Waals surface area (Å²) in [5, 5.41) is 8.45. The average molecular weight is 153 g/mol. The van der Waals surface area contributed by atoms with E-state index in [0.717, 1.165) is 0 Å². The summed E-state index contributed by atoms with van der Waals surface area (Å²) >= 11 is 0. The third-order valence-electron chi connectivity index (χ3n) is 1.19. The molecule has 0 amide bonds. The molecule has 11 heavy (non-hydrogen) atoms. The molecule has 0 aromatic carbocycles. The molecule has 0 aliphatic heterocycles. The molecule has 0 fully saturated rings. The lowest BCUT2D eigenvalue weighted by Gasteiger charge is -1.97. The standard InChI is InChI=1S/C7H7NO3/c1-11-5-2-3-6(7(9)10)8-4-5/h2-4H,1H3,(H,9,10). The summed E-state index contributed by atoms with van der Waals surface area (Å²) in [7, 11) is 1.50. The summed E-state index contributed by atoms with van der Waals surface area (Å²) in [6, 6.07) is 2.94. The highest BCUT2D eigenvalue weighted by atomic mass is 16.5. The Hall–Kier alpha value is -1.58. The van der Waals surface area contributed by atoms with E-state index in [2.05, 4.69) is 4.98 Å². The van der Waals surface area contributed by atoms with Crippen LogP contribution in [0.4, 0.5) is 0 Å². The maximum absolute atomic E-state index is 10.3. The molecule has 0 saturated carbocycles. The van der Waals surface area contributed by atoms with Gasteiger partial charge in [-0.2, -0.15) is 0 Å². The van der Waals surface area contributed by atoms with E-state index in [1.165, 1.54) is 19.4 Å². The average Bonchev–Trinajstić information content (AvgIpc) is 2.05. The van der Waals surface area contributed by atoms with E-state index in [0.29, 0.717) is 5.75 Å². The molecule has 1 N–H and O–H groups in total. The van der Waals surface area contributed by atoms with E-state index in [9.17, 15) is 4.79 Å². The molecule has 4 heteroatoms. The van der Waals surface area contributed by atoms with Crippen LogP contribution >= 0.6 is 0 Å². The quantitative estimate of drug-likeness (QED) is 0.682. The Morgan fingerprint density at radius 3 is 2.73 bits per heavy atom. The van der Waals surface area contributed by atoms with Crippen molar-refractivity contribution < 1.29 is 14.6 Å². The van der Waals surface area contributed by atoms with Crippen molar-refractivity contribution in [3.63, 3.8) is 0 Å². The summed E-state index contributed by atoms with van der Waals surface area (Å²) < 4.78 is 4.79. The van der Waals surface area contributed by atoms with Gasteiger partial charge < -0.3 is 9.84 Å². The Morgan fingerprint density at radius 2 is 2.36 bits per heavy atom. The van der Waals surface area contributed by atoms with Gasteiger partial charge in [-0.05, 0) is 12.1 Å². The molecular weight excluding hydrogens is 146 g/mol. The zero-order valence-corrected chi connectivity index (χ0v) is 5.94. The lowest BCUT2D eigenvalue weighted by atomic mass is 10.3. The zero-order valence-electron chi connectivity index (χ0n) is 5.94. The minimum absolute atomic E-state index is 0.0193. The monoisotopic (exact) mass is 153 g/mol. The first-order valence-corrected chi connectivity index (χ1v) is 2.97. The molecule has 1 rings (SSSR count). The Balaban J connectivity index is 2.91. The summed E-state index contributed by atoms with van der Waals surface area (Å²) in [6.07, 6.45) is 1.36. The molecule has 0 radical (unpaired) electrons. The molecule has 0 atom stereocenters. The lowest BCUT2D eigenvalue weighted by molar-refractivity contribution is 0.0690. The number of carboxylic acid groups (broad SMARTS) is 1. The number of aromatic nitrogens is 1. The molecule has 0 aliphatic carbocycles. The topological polar surface area (TPSA) is 59.4 Å². The lowest BCUT2D eigenvalue weighted by Crippen LogP contribution is -1.99. The van der Waals surface area contributed by atoms with Gasteiger partial charge in [0.1, 0.15) is 11.4 Å². The predicted octanol–water partition coefficient (Wildman–Crippen LogP) is 0.788. The minimum atomic E-state index is -1.03. The zero-order chi connectivity index (χ0) is 8.27. The van der Waals surface area contributed by atoms with Crippen molar-refractivity contribution in [2.75, 3.05) is 7.11 Å². The fourth-order valence-electron chi connectivity index (χ4n) is 0.628. The Labute approximate surface area is 63.5 Å². The highest BCUT2D eigenvalue weighted by molar-refractivity contribution is 5.85. The smallest absolute Gasteiger partial charge is 0.354 e. The number of methoxy groups -OCH3 is 1. The third kappa shape index (κ3) is 1.67. The third-order valence-corrected chi connectivity index (χ3v) is 1.19. The molecule has 0 bridgehead atoms. The molecule has 1 heterocycles. The summed E-state index contributed by atoms with van der Waals surface area (Å²) in [6.45, 7) is 0. The number of ether oxygens (including phenoxy) is 1. The second-order valence-electron chi connectivity index (χ2n) is 1.89. The van der Waals surface area contributed by atoms with Gasteiger partial charge in [0.15, 0.2) is 0 Å². The van der Waals surface area contributed by atoms with Crippen LogP contribution in [0.5, 0.6) is 5.75 Å². The molecule has 1 aromatic rings. The van der Waals surface area contributed by atoms with Crippen molar-refractivity contribution in [1.82, 2.24) is 4.98 Å². The van der Waals surface area contributed by atoms with Gasteiger partial charge in [-0.1, -0.05) is 0 Å². The molecule has 0 unspecified atom stereocenters. The Kier molecular flexibility index (Phi) is 2.06. The van der Waals surface area contributed by atoms with Gasteiger partial charge in [0.2, 0.25) is 0 Å². The van der Waals surface area contributed by atoms with Gasteiger partial charge in [-0.25, -0.2) is 9.78 Å². The first kappa shape index (κ1) is 7.53. The molecule has 0 spiro atoms. The van der Waals surface area contributed by atoms with Gasteiger partial charge in [-0.3, -0.25) is 0 Å². The first-order chi connectivity index (χ1) is 5.24. The second-order valence-corrected chi connectivity index (χ2v) is 1.89. The number of hydrogen-bond acceptors (Lipinski definition) is 3. The number of rotatable bonds is 2. The number of carboxylic acids is 1. The number of pyridine rings is 1. The maximum Gasteiger partial charge on any atom is 0.354 e. The highest BCUT2D eigenvalue weighted by Gasteiger charge is 2.02. The van der Waals surface area contributed by atoms with Gasteiger partial charge >= 0.3 is 5.97 Å². The van der Waals surface area contributed by atoms with Crippen molar-refractivity contribution in [2.45, 2.75) is 0 Å². The fraction of sp³-hybridized carbons (Fsp3) is 0.143. The van der Waals surface area contributed by atoms with Crippen LogP contribution < -0.4 is 4.74 Å². The van der Waals surface area contributed by atoms with E-state index in [4.69, 9.17) is 9.84 Å². The van der Waals surface area contributed by atoms with E-state index in [1.807, 2.05) is 0 Å². The minimum Gasteiger partial charge on any atom is -0.495 e. The van der Waals surface area contributed by atoms with Crippen molar-refractivity contribution in [3.05, 3.63) is 24.0 Å². The molecule has 0 aliphatic rings. The fourth-order valence-corrected chi connectivity index (χ4v) is 0.628. The normalized spacial score (nSPS) is 9.18. The van der Waals surface area contributed by atoms with Crippen LogP contribution in [0.1, 0.15) is 10.5 Å². The van der Waals surface area contributed by atoms with Gasteiger partial charge in [-0.15, -0.1) is 0 Å². The molecular formula is C7H7NO3. The molecule has 58 valence electrons. The Morgan fingerprint density at radius 1 is 1.64 bits per heavy atom. The number of hydrogen-bond donors (Lipinski definition) is 1. The number of carbonyl (C=O) groups is 1. The van der Waals surface area contributed by atoms with E-state index >= 15 is 0 Å². The Bertz CT molecular complexity index is 255. The summed E-state index contributed by atoms with van der Waals surface area (Å²) in [5.41, 5.74) is 0.0193. The highest BCUT2D eigenvalue weighted by Crippen LogP contribution is 2.07. The van der Waals surface area contributed by atoms with Crippen molar-refractivity contribution in [1.29, 1.82) is 0 Å². The van der Waals surface area contributed by atoms with Crippen molar-refractivity contribution in [2.24, 2.45) is 0 Å². The van der Waals surface area contributed by atoms with E-state index in [1.54, 1.807) is 6.07 Å². The SMILES string of the molecule is COc1ccc(C(=O)O)nc1. The van der Waals surface area contributed by atoms with Crippen molar-refractivity contribution >= 4 is 5.97 Å². The largest absolute Gasteiger partial charge is 0.495 e. The van der Waals surface area contributed by atoms with Crippen LogP contribution in [0.15, 0.2) is 18.3 Å². The van der Waals surface area contributed by atoms with Crippen LogP contribution in [0, 0.1) is 0 Å². The van der Waals surface area contributed by atoms with Gasteiger partial charge in [0.05, 0.1) is 13.3 Å². The predicted molar refractivity (Wildman–Crippen MR) is 37.7 cm³/mol. The van der Waals surface area contributed by atoms with E-state index < -0.39 is 5.97 Å². The second kappa shape index (κ2) is 3.01. The molecule has 4 nitrogen and oxygen atoms in total. The van der Waals surface area contributed by atoms with Crippen LogP contribution in [-0.4, -0.2) is 23.2 Å². The van der Waals surface area contributed by atoms with Crippen LogP contribution in [-0.2, 0) is 0 Å². The van der Waals surface area contributed by atoms with Crippen LogP contribution in [0.3, 0.4) is 0 Å².